The lowest BCUT2D eigenvalue weighted by Crippen LogP contribution is -1.93. The first-order chi connectivity index (χ1) is 10.2. The zero-order valence-electron chi connectivity index (χ0n) is 11.4. The molecule has 5 nitrogen and oxygen atoms in total. The lowest BCUT2D eigenvalue weighted by Gasteiger charge is -2.03. The maximum absolute atomic E-state index is 4.48. The van der Waals surface area contributed by atoms with Gasteiger partial charge in [-0.25, -0.2) is 9.97 Å². The van der Waals surface area contributed by atoms with Gasteiger partial charge in [0.15, 0.2) is 5.13 Å². The van der Waals surface area contributed by atoms with Gasteiger partial charge < -0.3 is 5.32 Å². The molecule has 21 heavy (non-hydrogen) atoms. The van der Waals surface area contributed by atoms with Gasteiger partial charge >= 0.3 is 0 Å². The van der Waals surface area contributed by atoms with Crippen molar-refractivity contribution in [3.8, 4) is 11.4 Å². The lowest BCUT2D eigenvalue weighted by atomic mass is 10.1. The van der Waals surface area contributed by atoms with Crippen LogP contribution in [0.25, 0.3) is 17.0 Å². The third kappa shape index (κ3) is 3.11. The topological polar surface area (TPSA) is 63.6 Å². The first-order valence-electron chi connectivity index (χ1n) is 6.33. The van der Waals surface area contributed by atoms with Gasteiger partial charge in [0.05, 0.1) is 6.20 Å². The number of aromatic nitrogens is 4. The Morgan fingerprint density at radius 2 is 2.05 bits per heavy atom. The molecular weight excluding hydrogens is 282 g/mol. The summed E-state index contributed by atoms with van der Waals surface area (Å²) in [6.45, 7) is 5.85. The van der Waals surface area contributed by atoms with Crippen molar-refractivity contribution < 1.29 is 0 Å². The standard InChI is InChI=1S/C15H13N5S/c1-10(2)11-3-4-14(18-7-11)20-15-19-13(9-21-15)12-8-16-5-6-17-12/h3-9H,1H2,2H3,(H,18,19,20). The van der Waals surface area contributed by atoms with Crippen molar-refractivity contribution in [1.82, 2.24) is 19.9 Å². The number of allylic oxidation sites excluding steroid dienone is 1. The van der Waals surface area contributed by atoms with E-state index in [1.54, 1.807) is 24.8 Å². The van der Waals surface area contributed by atoms with Crippen molar-refractivity contribution in [3.63, 3.8) is 0 Å². The molecule has 0 spiro atoms. The highest BCUT2D eigenvalue weighted by Gasteiger charge is 2.06. The molecule has 6 heteroatoms. The van der Waals surface area contributed by atoms with Gasteiger partial charge in [-0.15, -0.1) is 11.3 Å². The summed E-state index contributed by atoms with van der Waals surface area (Å²) in [6, 6.07) is 3.89. The Kier molecular flexibility index (Phi) is 3.70. The summed E-state index contributed by atoms with van der Waals surface area (Å²) >= 11 is 1.50. The monoisotopic (exact) mass is 295 g/mol. The number of rotatable bonds is 4. The molecule has 0 amide bonds. The summed E-state index contributed by atoms with van der Waals surface area (Å²) in [7, 11) is 0. The number of anilines is 2. The smallest absolute Gasteiger partial charge is 0.188 e. The van der Waals surface area contributed by atoms with E-state index in [1.807, 2.05) is 24.4 Å². The van der Waals surface area contributed by atoms with Gasteiger partial charge in [0.1, 0.15) is 17.2 Å². The molecule has 0 unspecified atom stereocenters. The van der Waals surface area contributed by atoms with Crippen LogP contribution < -0.4 is 5.32 Å². The maximum Gasteiger partial charge on any atom is 0.188 e. The first-order valence-corrected chi connectivity index (χ1v) is 7.21. The van der Waals surface area contributed by atoms with Crippen LogP contribution in [0, 0.1) is 0 Å². The van der Waals surface area contributed by atoms with Crippen molar-refractivity contribution in [2.24, 2.45) is 0 Å². The lowest BCUT2D eigenvalue weighted by molar-refractivity contribution is 1.19. The Bertz CT molecular complexity index is 749. The molecule has 0 saturated heterocycles. The van der Waals surface area contributed by atoms with Crippen LogP contribution in [-0.4, -0.2) is 19.9 Å². The van der Waals surface area contributed by atoms with E-state index in [9.17, 15) is 0 Å². The fourth-order valence-corrected chi connectivity index (χ4v) is 2.42. The van der Waals surface area contributed by atoms with Crippen molar-refractivity contribution in [2.75, 3.05) is 5.32 Å². The minimum Gasteiger partial charge on any atom is -0.316 e. The van der Waals surface area contributed by atoms with Crippen LogP contribution in [0.2, 0.25) is 0 Å². The van der Waals surface area contributed by atoms with E-state index in [4.69, 9.17) is 0 Å². The van der Waals surface area contributed by atoms with E-state index in [0.29, 0.717) is 0 Å². The summed E-state index contributed by atoms with van der Waals surface area (Å²) in [6.07, 6.45) is 6.78. The van der Waals surface area contributed by atoms with E-state index in [-0.39, 0.29) is 0 Å². The zero-order chi connectivity index (χ0) is 14.7. The summed E-state index contributed by atoms with van der Waals surface area (Å²) < 4.78 is 0. The minimum absolute atomic E-state index is 0.750. The molecule has 0 aliphatic carbocycles. The zero-order valence-corrected chi connectivity index (χ0v) is 12.3. The molecule has 0 radical (unpaired) electrons. The second-order valence-corrected chi connectivity index (χ2v) is 5.32. The summed E-state index contributed by atoms with van der Waals surface area (Å²) in [4.78, 5) is 17.1. The van der Waals surface area contributed by atoms with Crippen LogP contribution in [0.5, 0.6) is 0 Å². The Labute approximate surface area is 126 Å². The average Bonchev–Trinajstić information content (AvgIpc) is 2.97. The SMILES string of the molecule is C=C(C)c1ccc(Nc2nc(-c3cnccn3)cs2)nc1. The Morgan fingerprint density at radius 3 is 2.71 bits per heavy atom. The molecule has 0 aliphatic rings. The predicted octanol–water partition coefficient (Wildman–Crippen LogP) is 3.77. The first kappa shape index (κ1) is 13.4. The average molecular weight is 295 g/mol. The third-order valence-electron chi connectivity index (χ3n) is 2.82. The van der Waals surface area contributed by atoms with Crippen LogP contribution in [0.3, 0.4) is 0 Å². The molecular formula is C15H13N5S. The fraction of sp³-hybridized carbons (Fsp3) is 0.0667. The van der Waals surface area contributed by atoms with Gasteiger partial charge in [-0.05, 0) is 30.2 Å². The minimum atomic E-state index is 0.750. The number of nitrogens with zero attached hydrogens (tertiary/aromatic N) is 4. The van der Waals surface area contributed by atoms with Crippen LogP contribution in [-0.2, 0) is 0 Å². The summed E-state index contributed by atoms with van der Waals surface area (Å²) in [5.41, 5.74) is 3.58. The van der Waals surface area contributed by atoms with Crippen molar-refractivity contribution in [1.29, 1.82) is 0 Å². The molecule has 3 heterocycles. The molecule has 0 atom stereocenters. The Morgan fingerprint density at radius 1 is 1.14 bits per heavy atom. The van der Waals surface area contributed by atoms with Crippen LogP contribution in [0.4, 0.5) is 10.9 Å². The highest BCUT2D eigenvalue weighted by Crippen LogP contribution is 2.25. The number of hydrogen-bond donors (Lipinski definition) is 1. The molecule has 3 rings (SSSR count). The number of nitrogens with one attached hydrogen (secondary N) is 1. The predicted molar refractivity (Wildman–Crippen MR) is 85.4 cm³/mol. The fourth-order valence-electron chi connectivity index (χ4n) is 1.71. The molecule has 0 aromatic carbocycles. The van der Waals surface area contributed by atoms with Crippen LogP contribution >= 0.6 is 11.3 Å². The highest BCUT2D eigenvalue weighted by atomic mass is 32.1. The van der Waals surface area contributed by atoms with Crippen molar-refractivity contribution >= 4 is 27.9 Å². The number of thiazole rings is 1. The van der Waals surface area contributed by atoms with Gasteiger partial charge in [-0.2, -0.15) is 0 Å². The largest absolute Gasteiger partial charge is 0.316 e. The van der Waals surface area contributed by atoms with Gasteiger partial charge in [0.2, 0.25) is 0 Å². The quantitative estimate of drug-likeness (QED) is 0.793. The molecule has 0 fully saturated rings. The summed E-state index contributed by atoms with van der Waals surface area (Å²) in [5, 5.41) is 5.89. The maximum atomic E-state index is 4.48. The van der Waals surface area contributed by atoms with E-state index in [2.05, 4.69) is 31.8 Å². The third-order valence-corrected chi connectivity index (χ3v) is 3.58. The number of hydrogen-bond acceptors (Lipinski definition) is 6. The van der Waals surface area contributed by atoms with E-state index >= 15 is 0 Å². The molecule has 3 aromatic heterocycles. The molecule has 104 valence electrons. The van der Waals surface area contributed by atoms with Gasteiger partial charge in [0, 0.05) is 24.0 Å². The van der Waals surface area contributed by atoms with Gasteiger partial charge in [-0.3, -0.25) is 9.97 Å². The van der Waals surface area contributed by atoms with Crippen molar-refractivity contribution in [2.45, 2.75) is 6.92 Å². The molecule has 0 bridgehead atoms. The number of pyridine rings is 1. The van der Waals surface area contributed by atoms with Crippen LogP contribution in [0.15, 0.2) is 48.9 Å². The molecule has 0 aliphatic heterocycles. The Balaban J connectivity index is 1.77. The van der Waals surface area contributed by atoms with E-state index < -0.39 is 0 Å². The van der Waals surface area contributed by atoms with E-state index in [1.165, 1.54) is 11.3 Å². The second-order valence-electron chi connectivity index (χ2n) is 4.47. The normalized spacial score (nSPS) is 10.3. The highest BCUT2D eigenvalue weighted by molar-refractivity contribution is 7.14. The molecule has 0 saturated carbocycles. The second kappa shape index (κ2) is 5.80. The Hall–Kier alpha value is -2.60. The van der Waals surface area contributed by atoms with Gasteiger partial charge in [-0.1, -0.05) is 6.58 Å². The summed E-state index contributed by atoms with van der Waals surface area (Å²) in [5.74, 6) is 0.750. The van der Waals surface area contributed by atoms with Crippen LogP contribution in [0.1, 0.15) is 12.5 Å². The van der Waals surface area contributed by atoms with Gasteiger partial charge in [0.25, 0.3) is 0 Å². The molecule has 3 aromatic rings. The van der Waals surface area contributed by atoms with E-state index in [0.717, 1.165) is 33.5 Å². The van der Waals surface area contributed by atoms with Crippen molar-refractivity contribution in [3.05, 3.63) is 54.4 Å². The molecule has 1 N–H and O–H groups in total.